The minimum atomic E-state index is -4.61. The second-order valence-corrected chi connectivity index (χ2v) is 5.91. The molecule has 0 radical (unpaired) electrons. The van der Waals surface area contributed by atoms with Crippen molar-refractivity contribution in [3.63, 3.8) is 0 Å². The van der Waals surface area contributed by atoms with Crippen molar-refractivity contribution in [1.29, 1.82) is 0 Å². The largest absolute Gasteiger partial charge is 0.494 e. The fraction of sp³-hybridized carbons (Fsp3) is 0.300. The zero-order chi connectivity index (χ0) is 20.4. The zero-order valence-electron chi connectivity index (χ0n) is 15.1. The lowest BCUT2D eigenvalue weighted by Crippen LogP contribution is -2.35. The third-order valence-electron chi connectivity index (χ3n) is 3.77. The molecule has 0 spiro atoms. The van der Waals surface area contributed by atoms with Gasteiger partial charge < -0.3 is 15.4 Å². The molecule has 2 aromatic carbocycles. The molecule has 2 amide bonds. The van der Waals surface area contributed by atoms with Crippen molar-refractivity contribution in [2.45, 2.75) is 19.0 Å². The molecule has 0 aromatic heterocycles. The molecule has 2 rings (SSSR count). The number of halogens is 3. The summed E-state index contributed by atoms with van der Waals surface area (Å²) >= 11 is 0. The van der Waals surface area contributed by atoms with Gasteiger partial charge in [-0.25, -0.2) is 0 Å². The molecule has 0 aliphatic carbocycles. The average molecular weight is 394 g/mol. The topological polar surface area (TPSA) is 67.4 Å². The molecule has 5 nitrogen and oxygen atoms in total. The van der Waals surface area contributed by atoms with Gasteiger partial charge in [-0.15, -0.1) is 0 Å². The van der Waals surface area contributed by atoms with Gasteiger partial charge in [0.1, 0.15) is 5.75 Å². The first-order valence-corrected chi connectivity index (χ1v) is 8.77. The summed E-state index contributed by atoms with van der Waals surface area (Å²) in [6.45, 7) is 0.540. The Labute approximate surface area is 160 Å². The van der Waals surface area contributed by atoms with E-state index >= 15 is 0 Å². The van der Waals surface area contributed by atoms with Crippen LogP contribution in [-0.4, -0.2) is 31.5 Å². The van der Waals surface area contributed by atoms with Crippen LogP contribution >= 0.6 is 0 Å². The summed E-state index contributed by atoms with van der Waals surface area (Å²) in [6.07, 6.45) is -3.84. The van der Waals surface area contributed by atoms with Gasteiger partial charge in [0.25, 0.3) is 5.91 Å². The summed E-state index contributed by atoms with van der Waals surface area (Å²) in [5, 5.41) is 4.98. The Bertz CT molecular complexity index is 780. The average Bonchev–Trinajstić information content (AvgIpc) is 2.68. The molecule has 0 heterocycles. The fourth-order valence-corrected chi connectivity index (χ4v) is 2.43. The number of amides is 2. The molecule has 8 heteroatoms. The Kier molecular flexibility index (Phi) is 7.86. The molecule has 0 bridgehead atoms. The first kappa shape index (κ1) is 21.3. The van der Waals surface area contributed by atoms with Crippen molar-refractivity contribution in [2.24, 2.45) is 0 Å². The van der Waals surface area contributed by atoms with Gasteiger partial charge in [-0.2, -0.15) is 13.2 Å². The van der Waals surface area contributed by atoms with Crippen LogP contribution in [0.25, 0.3) is 0 Å². The van der Waals surface area contributed by atoms with E-state index in [2.05, 4.69) is 10.6 Å². The number of nitrogens with one attached hydrogen (secondary N) is 2. The number of carbonyl (C=O) groups is 2. The van der Waals surface area contributed by atoms with E-state index < -0.39 is 23.2 Å². The van der Waals surface area contributed by atoms with E-state index in [1.54, 1.807) is 0 Å². The van der Waals surface area contributed by atoms with E-state index in [0.29, 0.717) is 13.0 Å². The van der Waals surface area contributed by atoms with Crippen LogP contribution in [0, 0.1) is 0 Å². The van der Waals surface area contributed by atoms with Gasteiger partial charge in [0, 0.05) is 19.5 Å². The maximum Gasteiger partial charge on any atom is 0.417 e. The molecule has 0 atom stereocenters. The van der Waals surface area contributed by atoms with Gasteiger partial charge in [0.05, 0.1) is 17.7 Å². The SMILES string of the molecule is O=C(CCCOc1ccccc1)NCCNC(=O)c1ccccc1C(F)(F)F. The number of para-hydroxylation sites is 1. The molecule has 0 aliphatic heterocycles. The molecular formula is C20H21F3N2O3. The lowest BCUT2D eigenvalue weighted by molar-refractivity contribution is -0.138. The van der Waals surface area contributed by atoms with Crippen LogP contribution in [0.3, 0.4) is 0 Å². The van der Waals surface area contributed by atoms with E-state index in [1.165, 1.54) is 12.1 Å². The molecule has 0 saturated carbocycles. The zero-order valence-corrected chi connectivity index (χ0v) is 15.1. The van der Waals surface area contributed by atoms with E-state index in [-0.39, 0.29) is 25.4 Å². The maximum absolute atomic E-state index is 12.9. The smallest absolute Gasteiger partial charge is 0.417 e. The number of hydrogen-bond acceptors (Lipinski definition) is 3. The Morgan fingerprint density at radius 3 is 2.25 bits per heavy atom. The quantitative estimate of drug-likeness (QED) is 0.641. The van der Waals surface area contributed by atoms with Gasteiger partial charge in [0.15, 0.2) is 0 Å². The number of ether oxygens (including phenoxy) is 1. The van der Waals surface area contributed by atoms with Gasteiger partial charge in [-0.05, 0) is 30.7 Å². The molecule has 0 aliphatic rings. The standard InChI is InChI=1S/C20H21F3N2O3/c21-20(22,23)17-10-5-4-9-16(17)19(27)25-13-12-24-18(26)11-6-14-28-15-7-2-1-3-8-15/h1-5,7-10H,6,11-14H2,(H,24,26)(H,25,27). The van der Waals surface area contributed by atoms with E-state index in [0.717, 1.165) is 17.9 Å². The number of benzene rings is 2. The number of rotatable bonds is 9. The Balaban J connectivity index is 1.64. The van der Waals surface area contributed by atoms with Crippen LogP contribution in [0.15, 0.2) is 54.6 Å². The van der Waals surface area contributed by atoms with E-state index in [1.807, 2.05) is 30.3 Å². The highest BCUT2D eigenvalue weighted by Crippen LogP contribution is 2.31. The second kappa shape index (κ2) is 10.3. The molecular weight excluding hydrogens is 373 g/mol. The lowest BCUT2D eigenvalue weighted by atomic mass is 10.1. The van der Waals surface area contributed by atoms with Gasteiger partial charge in [-0.3, -0.25) is 9.59 Å². The first-order chi connectivity index (χ1) is 13.4. The summed E-state index contributed by atoms with van der Waals surface area (Å²) in [7, 11) is 0. The number of alkyl halides is 3. The Morgan fingerprint density at radius 1 is 0.893 bits per heavy atom. The van der Waals surface area contributed by atoms with Crippen LogP contribution in [-0.2, 0) is 11.0 Å². The van der Waals surface area contributed by atoms with Gasteiger partial charge in [-0.1, -0.05) is 30.3 Å². The van der Waals surface area contributed by atoms with Crippen LogP contribution in [0.1, 0.15) is 28.8 Å². The van der Waals surface area contributed by atoms with E-state index in [4.69, 9.17) is 4.74 Å². The van der Waals surface area contributed by atoms with Crippen molar-refractivity contribution in [3.8, 4) is 5.75 Å². The van der Waals surface area contributed by atoms with Crippen molar-refractivity contribution < 1.29 is 27.5 Å². The van der Waals surface area contributed by atoms with Crippen LogP contribution in [0.2, 0.25) is 0 Å². The molecule has 28 heavy (non-hydrogen) atoms. The predicted molar refractivity (Wildman–Crippen MR) is 98.0 cm³/mol. The van der Waals surface area contributed by atoms with Gasteiger partial charge in [0.2, 0.25) is 5.91 Å². The Morgan fingerprint density at radius 2 is 1.54 bits per heavy atom. The molecule has 2 aromatic rings. The normalized spacial score (nSPS) is 11.0. The highest BCUT2D eigenvalue weighted by atomic mass is 19.4. The van der Waals surface area contributed by atoms with Crippen LogP contribution in [0.4, 0.5) is 13.2 Å². The fourth-order valence-electron chi connectivity index (χ4n) is 2.43. The maximum atomic E-state index is 12.9. The highest BCUT2D eigenvalue weighted by molar-refractivity contribution is 5.95. The first-order valence-electron chi connectivity index (χ1n) is 8.77. The third-order valence-corrected chi connectivity index (χ3v) is 3.77. The summed E-state index contributed by atoms with van der Waals surface area (Å²) < 4.78 is 44.2. The summed E-state index contributed by atoms with van der Waals surface area (Å²) in [4.78, 5) is 23.7. The van der Waals surface area contributed by atoms with Gasteiger partial charge >= 0.3 is 6.18 Å². The van der Waals surface area contributed by atoms with Crippen molar-refractivity contribution in [1.82, 2.24) is 10.6 Å². The summed E-state index contributed by atoms with van der Waals surface area (Å²) in [5.41, 5.74) is -1.44. The molecule has 2 N–H and O–H groups in total. The highest BCUT2D eigenvalue weighted by Gasteiger charge is 2.34. The summed E-state index contributed by atoms with van der Waals surface area (Å²) in [6, 6.07) is 13.8. The number of carbonyl (C=O) groups excluding carboxylic acids is 2. The van der Waals surface area contributed by atoms with Crippen LogP contribution < -0.4 is 15.4 Å². The predicted octanol–water partition coefficient (Wildman–Crippen LogP) is 3.41. The summed E-state index contributed by atoms with van der Waals surface area (Å²) in [5.74, 6) is -0.329. The monoisotopic (exact) mass is 394 g/mol. The lowest BCUT2D eigenvalue weighted by Gasteiger charge is -2.13. The molecule has 0 fully saturated rings. The second-order valence-electron chi connectivity index (χ2n) is 5.91. The molecule has 0 saturated heterocycles. The van der Waals surface area contributed by atoms with Crippen molar-refractivity contribution in [2.75, 3.05) is 19.7 Å². The molecule has 0 unspecified atom stereocenters. The Hall–Kier alpha value is -3.03. The van der Waals surface area contributed by atoms with Crippen molar-refractivity contribution in [3.05, 3.63) is 65.7 Å². The van der Waals surface area contributed by atoms with Crippen molar-refractivity contribution >= 4 is 11.8 Å². The molecule has 150 valence electrons. The van der Waals surface area contributed by atoms with E-state index in [9.17, 15) is 22.8 Å². The minimum absolute atomic E-state index is 0.0251. The third kappa shape index (κ3) is 6.94. The number of hydrogen-bond donors (Lipinski definition) is 2. The van der Waals surface area contributed by atoms with Crippen LogP contribution in [0.5, 0.6) is 5.75 Å². The minimum Gasteiger partial charge on any atom is -0.494 e.